The first-order valence-corrected chi connectivity index (χ1v) is 5.25. The summed E-state index contributed by atoms with van der Waals surface area (Å²) in [5.41, 5.74) is 0.0472. The van der Waals surface area contributed by atoms with Crippen LogP contribution < -0.4 is 4.74 Å². The van der Waals surface area contributed by atoms with Gasteiger partial charge in [-0.1, -0.05) is 13.0 Å². The fourth-order valence-corrected chi connectivity index (χ4v) is 1.08. The highest BCUT2D eigenvalue weighted by atomic mass is 32.1. The third-order valence-corrected chi connectivity index (χ3v) is 2.50. The number of hydrogen-bond donors (Lipinski definition) is 1. The predicted molar refractivity (Wildman–Crippen MR) is 61.6 cm³/mol. The van der Waals surface area contributed by atoms with Gasteiger partial charge in [0, 0.05) is 6.07 Å². The molecule has 1 aromatic rings. The lowest BCUT2D eigenvalue weighted by Crippen LogP contribution is -2.09. The molecule has 82 valence electrons. The van der Waals surface area contributed by atoms with Crippen LogP contribution in [0.15, 0.2) is 24.3 Å². The molecule has 0 saturated carbocycles. The second-order valence-electron chi connectivity index (χ2n) is 3.35. The average molecular weight is 227 g/mol. The normalized spacial score (nSPS) is 12.1. The van der Waals surface area contributed by atoms with Crippen LogP contribution in [-0.4, -0.2) is 17.3 Å². The van der Waals surface area contributed by atoms with Crippen LogP contribution >= 0.6 is 12.6 Å². The monoisotopic (exact) mass is 227 g/mol. The molecule has 4 nitrogen and oxygen atoms in total. The van der Waals surface area contributed by atoms with E-state index in [9.17, 15) is 10.1 Å². The van der Waals surface area contributed by atoms with E-state index in [0.717, 1.165) is 5.75 Å². The molecule has 0 aliphatic heterocycles. The third kappa shape index (κ3) is 3.79. The van der Waals surface area contributed by atoms with E-state index < -0.39 is 4.92 Å². The van der Waals surface area contributed by atoms with Gasteiger partial charge < -0.3 is 4.74 Å². The SMILES string of the molecule is CC(CS)COc1cccc([N+](=O)[O-])c1. The van der Waals surface area contributed by atoms with E-state index in [-0.39, 0.29) is 5.69 Å². The number of benzene rings is 1. The van der Waals surface area contributed by atoms with Crippen molar-refractivity contribution in [1.29, 1.82) is 0 Å². The summed E-state index contributed by atoms with van der Waals surface area (Å²) in [6.45, 7) is 2.52. The first-order valence-electron chi connectivity index (χ1n) is 4.61. The van der Waals surface area contributed by atoms with E-state index >= 15 is 0 Å². The maximum atomic E-state index is 10.5. The molecule has 15 heavy (non-hydrogen) atoms. The molecule has 0 fully saturated rings. The first kappa shape index (κ1) is 11.8. The summed E-state index contributed by atoms with van der Waals surface area (Å²) in [6, 6.07) is 6.18. The van der Waals surface area contributed by atoms with Gasteiger partial charge in [-0.05, 0) is 17.7 Å². The van der Waals surface area contributed by atoms with Crippen molar-refractivity contribution in [2.24, 2.45) is 5.92 Å². The topological polar surface area (TPSA) is 52.4 Å². The van der Waals surface area contributed by atoms with Crippen molar-refractivity contribution < 1.29 is 9.66 Å². The fraction of sp³-hybridized carbons (Fsp3) is 0.400. The van der Waals surface area contributed by atoms with Gasteiger partial charge in [-0.3, -0.25) is 10.1 Å². The number of nitro benzene ring substituents is 1. The Labute approximate surface area is 93.8 Å². The molecule has 0 spiro atoms. The molecule has 0 aliphatic carbocycles. The molecule has 1 unspecified atom stereocenters. The zero-order valence-electron chi connectivity index (χ0n) is 8.42. The lowest BCUT2D eigenvalue weighted by atomic mass is 10.2. The number of nitro groups is 1. The van der Waals surface area contributed by atoms with E-state index in [1.54, 1.807) is 12.1 Å². The van der Waals surface area contributed by atoms with Crippen LogP contribution in [0.4, 0.5) is 5.69 Å². The van der Waals surface area contributed by atoms with Gasteiger partial charge in [-0.25, -0.2) is 0 Å². The number of nitrogens with zero attached hydrogens (tertiary/aromatic N) is 1. The minimum atomic E-state index is -0.436. The fourth-order valence-electron chi connectivity index (χ4n) is 0.978. The van der Waals surface area contributed by atoms with Crippen molar-refractivity contribution in [2.75, 3.05) is 12.4 Å². The van der Waals surface area contributed by atoms with Crippen LogP contribution in [0.2, 0.25) is 0 Å². The maximum absolute atomic E-state index is 10.5. The van der Waals surface area contributed by atoms with Crippen LogP contribution in [0.1, 0.15) is 6.92 Å². The molecule has 0 bridgehead atoms. The highest BCUT2D eigenvalue weighted by Gasteiger charge is 2.07. The van der Waals surface area contributed by atoms with Crippen molar-refractivity contribution in [1.82, 2.24) is 0 Å². The Morgan fingerprint density at radius 2 is 2.33 bits per heavy atom. The van der Waals surface area contributed by atoms with E-state index in [1.165, 1.54) is 12.1 Å². The Bertz CT molecular complexity index is 343. The Balaban J connectivity index is 2.62. The molecule has 0 aromatic heterocycles. The Hall–Kier alpha value is -1.23. The van der Waals surface area contributed by atoms with Crippen LogP contribution in [0.5, 0.6) is 5.75 Å². The Morgan fingerprint density at radius 3 is 2.93 bits per heavy atom. The van der Waals surface area contributed by atoms with Gasteiger partial charge in [0.05, 0.1) is 17.6 Å². The van der Waals surface area contributed by atoms with Crippen LogP contribution in [0.25, 0.3) is 0 Å². The minimum absolute atomic E-state index is 0.0472. The predicted octanol–water partition coefficient (Wildman–Crippen LogP) is 2.54. The second-order valence-corrected chi connectivity index (χ2v) is 3.72. The summed E-state index contributed by atoms with van der Waals surface area (Å²) in [6.07, 6.45) is 0. The molecular weight excluding hydrogens is 214 g/mol. The van der Waals surface area contributed by atoms with E-state index in [1.807, 2.05) is 6.92 Å². The molecule has 0 radical (unpaired) electrons. The molecule has 0 heterocycles. The molecule has 0 N–H and O–H groups in total. The quantitative estimate of drug-likeness (QED) is 0.478. The van der Waals surface area contributed by atoms with Crippen LogP contribution in [0.3, 0.4) is 0 Å². The van der Waals surface area contributed by atoms with Crippen molar-refractivity contribution in [2.45, 2.75) is 6.92 Å². The van der Waals surface area contributed by atoms with Gasteiger partial charge in [-0.2, -0.15) is 12.6 Å². The minimum Gasteiger partial charge on any atom is -0.493 e. The van der Waals surface area contributed by atoms with Gasteiger partial charge >= 0.3 is 0 Å². The largest absolute Gasteiger partial charge is 0.493 e. The smallest absolute Gasteiger partial charge is 0.273 e. The second kappa shape index (κ2) is 5.60. The summed E-state index contributed by atoms with van der Waals surface area (Å²) >= 11 is 4.13. The summed E-state index contributed by atoms with van der Waals surface area (Å²) in [5.74, 6) is 1.58. The van der Waals surface area contributed by atoms with Gasteiger partial charge in [-0.15, -0.1) is 0 Å². The lowest BCUT2D eigenvalue weighted by Gasteiger charge is -2.09. The molecular formula is C10H13NO3S. The van der Waals surface area contributed by atoms with E-state index in [0.29, 0.717) is 18.3 Å². The average Bonchev–Trinajstić information content (AvgIpc) is 2.26. The number of thiol groups is 1. The molecule has 0 saturated heterocycles. The van der Waals surface area contributed by atoms with Crippen molar-refractivity contribution in [3.8, 4) is 5.75 Å². The molecule has 1 atom stereocenters. The summed E-state index contributed by atoms with van der Waals surface area (Å²) in [4.78, 5) is 10.0. The zero-order chi connectivity index (χ0) is 11.3. The summed E-state index contributed by atoms with van der Waals surface area (Å²) < 4.78 is 5.40. The van der Waals surface area contributed by atoms with E-state index in [4.69, 9.17) is 4.74 Å². The zero-order valence-corrected chi connectivity index (χ0v) is 9.31. The van der Waals surface area contributed by atoms with Gasteiger partial charge in [0.1, 0.15) is 5.75 Å². The molecule has 5 heteroatoms. The highest BCUT2D eigenvalue weighted by molar-refractivity contribution is 7.80. The van der Waals surface area contributed by atoms with Crippen molar-refractivity contribution >= 4 is 18.3 Å². The highest BCUT2D eigenvalue weighted by Crippen LogP contribution is 2.19. The van der Waals surface area contributed by atoms with Crippen LogP contribution in [0, 0.1) is 16.0 Å². The number of non-ortho nitro benzene ring substituents is 1. The standard InChI is InChI=1S/C10H13NO3S/c1-8(7-15)6-14-10-4-2-3-9(5-10)11(12)13/h2-5,8,15H,6-7H2,1H3. The number of ether oxygens (including phenoxy) is 1. The van der Waals surface area contributed by atoms with Gasteiger partial charge in [0.15, 0.2) is 0 Å². The van der Waals surface area contributed by atoms with Crippen LogP contribution in [-0.2, 0) is 0 Å². The van der Waals surface area contributed by atoms with Gasteiger partial charge in [0.2, 0.25) is 0 Å². The molecule has 1 rings (SSSR count). The number of rotatable bonds is 5. The number of hydrogen-bond acceptors (Lipinski definition) is 4. The third-order valence-electron chi connectivity index (χ3n) is 1.87. The lowest BCUT2D eigenvalue weighted by molar-refractivity contribution is -0.384. The molecule has 0 aliphatic rings. The maximum Gasteiger partial charge on any atom is 0.273 e. The summed E-state index contributed by atoms with van der Waals surface area (Å²) in [5, 5.41) is 10.5. The van der Waals surface area contributed by atoms with Crippen molar-refractivity contribution in [3.63, 3.8) is 0 Å². The van der Waals surface area contributed by atoms with Crippen molar-refractivity contribution in [3.05, 3.63) is 34.4 Å². The van der Waals surface area contributed by atoms with Gasteiger partial charge in [0.25, 0.3) is 5.69 Å². The molecule has 0 amide bonds. The van der Waals surface area contributed by atoms with E-state index in [2.05, 4.69) is 12.6 Å². The Kier molecular flexibility index (Phi) is 4.42. The molecule has 1 aromatic carbocycles. The Morgan fingerprint density at radius 1 is 1.60 bits per heavy atom. The first-order chi connectivity index (χ1) is 7.13. The summed E-state index contributed by atoms with van der Waals surface area (Å²) in [7, 11) is 0.